The molecule has 1 N–H and O–H groups in total. The van der Waals surface area contributed by atoms with Gasteiger partial charge < -0.3 is 9.67 Å². The van der Waals surface area contributed by atoms with Gasteiger partial charge in [-0.2, -0.15) is 0 Å². The Morgan fingerprint density at radius 3 is 3.00 bits per heavy atom. The molecule has 1 aliphatic carbocycles. The molecule has 2 heteroatoms. The molecule has 0 aliphatic heterocycles. The maximum atomic E-state index is 8.86. The number of nitrogens with zero attached hydrogens (tertiary/aromatic N) is 1. The number of aryl methyl sites for hydroxylation is 1. The Kier molecular flexibility index (Phi) is 1.50. The van der Waals surface area contributed by atoms with E-state index in [-0.39, 0.29) is 0 Å². The van der Waals surface area contributed by atoms with Gasteiger partial charge in [0.1, 0.15) is 0 Å². The molecule has 1 heterocycles. The Hall–Kier alpha value is -0.760. The predicted molar refractivity (Wildman–Crippen MR) is 43.3 cm³/mol. The molecule has 0 saturated heterocycles. The maximum Gasteiger partial charge on any atom is 0.0465 e. The lowest BCUT2D eigenvalue weighted by Crippen LogP contribution is -1.95. The van der Waals surface area contributed by atoms with Gasteiger partial charge in [-0.3, -0.25) is 0 Å². The largest absolute Gasteiger partial charge is 0.396 e. The molecule has 0 spiro atoms. The van der Waals surface area contributed by atoms with Crippen LogP contribution in [0.25, 0.3) is 0 Å². The average molecular weight is 151 g/mol. The molecule has 0 amide bonds. The molecule has 2 atom stereocenters. The van der Waals surface area contributed by atoms with Crippen LogP contribution in [-0.2, 0) is 7.05 Å². The third kappa shape index (κ3) is 1.07. The molecule has 1 aliphatic rings. The Morgan fingerprint density at radius 2 is 2.55 bits per heavy atom. The van der Waals surface area contributed by atoms with E-state index in [1.807, 2.05) is 0 Å². The Morgan fingerprint density at radius 1 is 1.73 bits per heavy atom. The molecule has 11 heavy (non-hydrogen) atoms. The zero-order valence-electron chi connectivity index (χ0n) is 6.70. The Balaban J connectivity index is 2.14. The van der Waals surface area contributed by atoms with Gasteiger partial charge in [-0.15, -0.1) is 0 Å². The number of aliphatic hydroxyl groups excluding tert-OH is 1. The summed E-state index contributed by atoms with van der Waals surface area (Å²) in [5.41, 5.74) is 1.36. The lowest BCUT2D eigenvalue weighted by atomic mass is 10.2. The highest BCUT2D eigenvalue weighted by Crippen LogP contribution is 2.46. The third-order valence-corrected chi connectivity index (χ3v) is 2.52. The first-order valence-corrected chi connectivity index (χ1v) is 4.05. The molecule has 1 aromatic heterocycles. The molecule has 60 valence electrons. The van der Waals surface area contributed by atoms with Crippen molar-refractivity contribution in [1.82, 2.24) is 4.57 Å². The highest BCUT2D eigenvalue weighted by Gasteiger charge is 2.38. The van der Waals surface area contributed by atoms with Crippen LogP contribution in [-0.4, -0.2) is 16.3 Å². The van der Waals surface area contributed by atoms with Crippen molar-refractivity contribution in [2.45, 2.75) is 12.3 Å². The summed E-state index contributed by atoms with van der Waals surface area (Å²) in [6, 6.07) is 4.20. The van der Waals surface area contributed by atoms with E-state index in [1.165, 1.54) is 5.69 Å². The minimum Gasteiger partial charge on any atom is -0.396 e. The number of aliphatic hydroxyl groups is 1. The van der Waals surface area contributed by atoms with E-state index in [9.17, 15) is 0 Å². The second kappa shape index (κ2) is 2.38. The van der Waals surface area contributed by atoms with Crippen LogP contribution in [0.3, 0.4) is 0 Å². The van der Waals surface area contributed by atoms with E-state index in [0.29, 0.717) is 18.4 Å². The summed E-state index contributed by atoms with van der Waals surface area (Å²) >= 11 is 0. The second-order valence-electron chi connectivity index (χ2n) is 3.33. The molecule has 0 unspecified atom stereocenters. The minimum atomic E-state index is 0.343. The van der Waals surface area contributed by atoms with Crippen LogP contribution in [0.4, 0.5) is 0 Å². The van der Waals surface area contributed by atoms with Crippen LogP contribution in [0.5, 0.6) is 0 Å². The van der Waals surface area contributed by atoms with Crippen molar-refractivity contribution >= 4 is 0 Å². The van der Waals surface area contributed by atoms with Crippen LogP contribution in [0.2, 0.25) is 0 Å². The topological polar surface area (TPSA) is 25.2 Å². The number of rotatable bonds is 2. The molecule has 0 bridgehead atoms. The fourth-order valence-corrected chi connectivity index (χ4v) is 1.67. The van der Waals surface area contributed by atoms with Crippen LogP contribution in [0.1, 0.15) is 18.0 Å². The van der Waals surface area contributed by atoms with Crippen molar-refractivity contribution in [3.63, 3.8) is 0 Å². The maximum absolute atomic E-state index is 8.86. The molecule has 0 aromatic carbocycles. The monoisotopic (exact) mass is 151 g/mol. The van der Waals surface area contributed by atoms with Gasteiger partial charge in [0.15, 0.2) is 0 Å². The van der Waals surface area contributed by atoms with E-state index in [0.717, 1.165) is 6.42 Å². The van der Waals surface area contributed by atoms with Gasteiger partial charge in [0.25, 0.3) is 0 Å². The van der Waals surface area contributed by atoms with Crippen molar-refractivity contribution in [2.24, 2.45) is 13.0 Å². The molecular weight excluding hydrogens is 138 g/mol. The minimum absolute atomic E-state index is 0.343. The second-order valence-corrected chi connectivity index (χ2v) is 3.33. The zero-order chi connectivity index (χ0) is 7.84. The summed E-state index contributed by atoms with van der Waals surface area (Å²) in [5.74, 6) is 1.16. The van der Waals surface area contributed by atoms with E-state index in [1.54, 1.807) is 0 Å². The first kappa shape index (κ1) is 6.92. The van der Waals surface area contributed by atoms with Crippen LogP contribution < -0.4 is 0 Å². The summed E-state index contributed by atoms with van der Waals surface area (Å²) in [5, 5.41) is 8.86. The molecular formula is C9H13NO. The normalized spacial score (nSPS) is 28.9. The van der Waals surface area contributed by atoms with Crippen LogP contribution >= 0.6 is 0 Å². The highest BCUT2D eigenvalue weighted by atomic mass is 16.3. The molecule has 1 saturated carbocycles. The number of hydrogen-bond acceptors (Lipinski definition) is 1. The van der Waals surface area contributed by atoms with Gasteiger partial charge in [-0.1, -0.05) is 0 Å². The summed E-state index contributed by atoms with van der Waals surface area (Å²) in [4.78, 5) is 0. The summed E-state index contributed by atoms with van der Waals surface area (Å²) in [7, 11) is 2.06. The van der Waals surface area contributed by atoms with E-state index in [2.05, 4.69) is 29.9 Å². The average Bonchev–Trinajstić information content (AvgIpc) is 2.68. The third-order valence-electron chi connectivity index (χ3n) is 2.52. The number of aromatic nitrogens is 1. The molecule has 2 rings (SSSR count). The van der Waals surface area contributed by atoms with Gasteiger partial charge >= 0.3 is 0 Å². The quantitative estimate of drug-likeness (QED) is 0.673. The first-order valence-electron chi connectivity index (χ1n) is 4.05. The molecule has 1 fully saturated rings. The highest BCUT2D eigenvalue weighted by molar-refractivity contribution is 5.19. The van der Waals surface area contributed by atoms with Gasteiger partial charge in [0, 0.05) is 31.5 Å². The fraction of sp³-hybridized carbons (Fsp3) is 0.556. The smallest absolute Gasteiger partial charge is 0.0465 e. The van der Waals surface area contributed by atoms with Crippen LogP contribution in [0.15, 0.2) is 18.3 Å². The lowest BCUT2D eigenvalue weighted by Gasteiger charge is -1.99. The number of hydrogen-bond donors (Lipinski definition) is 1. The lowest BCUT2D eigenvalue weighted by molar-refractivity contribution is 0.273. The van der Waals surface area contributed by atoms with Crippen LogP contribution in [0, 0.1) is 5.92 Å². The van der Waals surface area contributed by atoms with E-state index >= 15 is 0 Å². The van der Waals surface area contributed by atoms with Gasteiger partial charge in [0.2, 0.25) is 0 Å². The standard InChI is InChI=1S/C9H13NO/c1-10-4-2-3-9(10)8-5-7(8)6-11/h2-4,7-8,11H,5-6H2,1H3/t7-,8-/m0/s1. The fourth-order valence-electron chi connectivity index (χ4n) is 1.67. The van der Waals surface area contributed by atoms with E-state index in [4.69, 9.17) is 5.11 Å². The molecule has 2 nitrogen and oxygen atoms in total. The van der Waals surface area contributed by atoms with Gasteiger partial charge in [0.05, 0.1) is 0 Å². The Bertz CT molecular complexity index is 254. The molecule has 0 radical (unpaired) electrons. The summed E-state index contributed by atoms with van der Waals surface area (Å²) in [6.07, 6.45) is 3.22. The zero-order valence-corrected chi connectivity index (χ0v) is 6.70. The first-order chi connectivity index (χ1) is 5.33. The predicted octanol–water partition coefficient (Wildman–Crippen LogP) is 1.12. The van der Waals surface area contributed by atoms with Crippen molar-refractivity contribution in [3.05, 3.63) is 24.0 Å². The van der Waals surface area contributed by atoms with E-state index < -0.39 is 0 Å². The van der Waals surface area contributed by atoms with Crippen molar-refractivity contribution in [3.8, 4) is 0 Å². The van der Waals surface area contributed by atoms with Gasteiger partial charge in [-0.25, -0.2) is 0 Å². The van der Waals surface area contributed by atoms with Crippen molar-refractivity contribution in [1.29, 1.82) is 0 Å². The van der Waals surface area contributed by atoms with Crippen molar-refractivity contribution in [2.75, 3.05) is 6.61 Å². The summed E-state index contributed by atoms with van der Waals surface area (Å²) in [6.45, 7) is 0.343. The SMILES string of the molecule is Cn1cccc1[C@H]1C[C@H]1CO. The summed E-state index contributed by atoms with van der Waals surface area (Å²) < 4.78 is 2.14. The van der Waals surface area contributed by atoms with Crippen molar-refractivity contribution < 1.29 is 5.11 Å². The molecule has 1 aromatic rings. The van der Waals surface area contributed by atoms with Gasteiger partial charge in [-0.05, 0) is 24.5 Å². The Labute approximate surface area is 66.5 Å².